The van der Waals surface area contributed by atoms with Crippen LogP contribution in [0.5, 0.6) is 0 Å². The summed E-state index contributed by atoms with van der Waals surface area (Å²) in [5, 5.41) is 0.895. The molecule has 0 amide bonds. The van der Waals surface area contributed by atoms with Crippen LogP contribution < -0.4 is 0 Å². The van der Waals surface area contributed by atoms with Gasteiger partial charge >= 0.3 is 0 Å². The van der Waals surface area contributed by atoms with E-state index in [1.807, 2.05) is 0 Å². The molecule has 1 aromatic heterocycles. The van der Waals surface area contributed by atoms with Gasteiger partial charge in [-0.15, -0.1) is 0 Å². The van der Waals surface area contributed by atoms with Gasteiger partial charge in [0.25, 0.3) is 0 Å². The van der Waals surface area contributed by atoms with Crippen LogP contribution in [0.15, 0.2) is 45.8 Å². The predicted octanol–water partition coefficient (Wildman–Crippen LogP) is 4.77. The fourth-order valence-electron chi connectivity index (χ4n) is 1.79. The molecule has 0 fully saturated rings. The zero-order valence-electron chi connectivity index (χ0n) is 9.93. The van der Waals surface area contributed by atoms with Gasteiger partial charge in [0.15, 0.2) is 5.58 Å². The van der Waals surface area contributed by atoms with Crippen LogP contribution in [0, 0.1) is 0 Å². The summed E-state index contributed by atoms with van der Waals surface area (Å²) in [6.07, 6.45) is 1.49. The lowest BCUT2D eigenvalue weighted by atomic mass is 10.2. The highest BCUT2D eigenvalue weighted by atomic mass is 35.5. The van der Waals surface area contributed by atoms with Gasteiger partial charge < -0.3 is 4.42 Å². The van der Waals surface area contributed by atoms with E-state index in [4.69, 9.17) is 27.6 Å². The Morgan fingerprint density at radius 3 is 2.70 bits per heavy atom. The topological polar surface area (TPSA) is 55.5 Å². The second-order valence-electron chi connectivity index (χ2n) is 4.00. The van der Waals surface area contributed by atoms with Gasteiger partial charge in [-0.05, 0) is 36.4 Å². The summed E-state index contributed by atoms with van der Waals surface area (Å²) in [5.74, 6) is 0.422. The van der Waals surface area contributed by atoms with Crippen molar-refractivity contribution >= 4 is 46.1 Å². The number of nitrogens with zero attached hydrogens (tertiary/aromatic N) is 2. The van der Waals surface area contributed by atoms with E-state index < -0.39 is 0 Å². The van der Waals surface area contributed by atoms with Crippen LogP contribution in [-0.2, 0) is 4.79 Å². The largest absolute Gasteiger partial charge is 0.436 e. The lowest BCUT2D eigenvalue weighted by Crippen LogP contribution is -1.77. The highest BCUT2D eigenvalue weighted by Crippen LogP contribution is 2.31. The molecule has 0 aliphatic carbocycles. The molecule has 0 radical (unpaired) electrons. The van der Waals surface area contributed by atoms with Gasteiger partial charge in [0, 0.05) is 5.56 Å². The Morgan fingerprint density at radius 1 is 1.10 bits per heavy atom. The van der Waals surface area contributed by atoms with Crippen molar-refractivity contribution in [3.05, 3.63) is 46.4 Å². The van der Waals surface area contributed by atoms with Crippen molar-refractivity contribution in [3.8, 4) is 11.5 Å². The first-order valence-electron chi connectivity index (χ1n) is 5.61. The van der Waals surface area contributed by atoms with Crippen molar-refractivity contribution in [2.75, 3.05) is 0 Å². The van der Waals surface area contributed by atoms with Crippen LogP contribution in [0.3, 0.4) is 0 Å². The average molecular weight is 305 g/mol. The quantitative estimate of drug-likeness (QED) is 0.506. The molecule has 0 N–H and O–H groups in total. The first-order chi connectivity index (χ1) is 9.67. The van der Waals surface area contributed by atoms with Gasteiger partial charge in [0.2, 0.25) is 12.0 Å². The highest BCUT2D eigenvalue weighted by molar-refractivity contribution is 6.42. The van der Waals surface area contributed by atoms with E-state index in [0.717, 1.165) is 5.56 Å². The normalized spacial score (nSPS) is 10.5. The summed E-state index contributed by atoms with van der Waals surface area (Å²) < 4.78 is 5.63. The maximum Gasteiger partial charge on any atom is 0.240 e. The van der Waals surface area contributed by atoms with Crippen LogP contribution in [0.25, 0.3) is 22.6 Å². The third kappa shape index (κ3) is 2.32. The van der Waals surface area contributed by atoms with Gasteiger partial charge in [0.1, 0.15) is 5.52 Å². The summed E-state index contributed by atoms with van der Waals surface area (Å²) >= 11 is 11.8. The number of benzene rings is 2. The molecule has 6 heteroatoms. The summed E-state index contributed by atoms with van der Waals surface area (Å²) in [5.41, 5.74) is 2.39. The maximum absolute atomic E-state index is 10.2. The number of aromatic nitrogens is 1. The zero-order chi connectivity index (χ0) is 14.1. The molecule has 3 aromatic rings. The van der Waals surface area contributed by atoms with Crippen LogP contribution in [0.2, 0.25) is 10.0 Å². The molecule has 0 saturated heterocycles. The van der Waals surface area contributed by atoms with Crippen LogP contribution in [0.4, 0.5) is 5.69 Å². The van der Waals surface area contributed by atoms with Gasteiger partial charge in [-0.1, -0.05) is 23.2 Å². The number of fused-ring (bicyclic) bond motifs is 1. The molecule has 2 aromatic carbocycles. The van der Waals surface area contributed by atoms with Crippen molar-refractivity contribution in [2.24, 2.45) is 4.99 Å². The minimum Gasteiger partial charge on any atom is -0.436 e. The van der Waals surface area contributed by atoms with Crippen molar-refractivity contribution in [3.63, 3.8) is 0 Å². The molecule has 0 spiro atoms. The Labute approximate surface area is 123 Å². The van der Waals surface area contributed by atoms with Gasteiger partial charge in [-0.25, -0.2) is 9.78 Å². The lowest BCUT2D eigenvalue weighted by Gasteiger charge is -1.97. The molecular weight excluding hydrogens is 299 g/mol. The fraction of sp³-hybridized carbons (Fsp3) is 0. The monoisotopic (exact) mass is 304 g/mol. The Morgan fingerprint density at radius 2 is 1.95 bits per heavy atom. The second-order valence-corrected chi connectivity index (χ2v) is 4.82. The SMILES string of the molecule is O=C=Nc1ccc2oc(-c3ccc(Cl)c(Cl)c3)nc2c1. The molecule has 3 rings (SSSR count). The summed E-state index contributed by atoms with van der Waals surface area (Å²) in [4.78, 5) is 18.1. The van der Waals surface area contributed by atoms with E-state index in [1.165, 1.54) is 6.08 Å². The van der Waals surface area contributed by atoms with Gasteiger partial charge in [-0.3, -0.25) is 0 Å². The van der Waals surface area contributed by atoms with Crippen molar-refractivity contribution < 1.29 is 9.21 Å². The molecule has 1 heterocycles. The number of isocyanates is 1. The van der Waals surface area contributed by atoms with Crippen molar-refractivity contribution in [2.45, 2.75) is 0 Å². The predicted molar refractivity (Wildman–Crippen MR) is 77.2 cm³/mol. The molecule has 20 heavy (non-hydrogen) atoms. The smallest absolute Gasteiger partial charge is 0.240 e. The molecule has 0 bridgehead atoms. The van der Waals surface area contributed by atoms with Gasteiger partial charge in [0.05, 0.1) is 15.7 Å². The molecule has 0 aliphatic heterocycles. The number of hydrogen-bond acceptors (Lipinski definition) is 4. The number of hydrogen-bond donors (Lipinski definition) is 0. The minimum absolute atomic E-state index is 0.422. The zero-order valence-corrected chi connectivity index (χ0v) is 11.4. The van der Waals surface area contributed by atoms with E-state index in [1.54, 1.807) is 36.4 Å². The summed E-state index contributed by atoms with van der Waals surface area (Å²) in [7, 11) is 0. The van der Waals surface area contributed by atoms with Crippen molar-refractivity contribution in [1.82, 2.24) is 4.98 Å². The van der Waals surface area contributed by atoms with Crippen LogP contribution in [-0.4, -0.2) is 11.1 Å². The van der Waals surface area contributed by atoms with E-state index in [0.29, 0.717) is 32.7 Å². The number of oxazole rings is 1. The maximum atomic E-state index is 10.2. The first kappa shape index (κ1) is 12.9. The molecular formula is C14H6Cl2N2O2. The first-order valence-corrected chi connectivity index (χ1v) is 6.37. The third-order valence-electron chi connectivity index (χ3n) is 2.71. The Kier molecular flexibility index (Phi) is 3.28. The third-order valence-corrected chi connectivity index (χ3v) is 3.45. The second kappa shape index (κ2) is 5.10. The fourth-order valence-corrected chi connectivity index (χ4v) is 2.09. The lowest BCUT2D eigenvalue weighted by molar-refractivity contribution is 0.565. The van der Waals surface area contributed by atoms with E-state index >= 15 is 0 Å². The Bertz CT molecular complexity index is 852. The minimum atomic E-state index is 0.422. The van der Waals surface area contributed by atoms with E-state index in [2.05, 4.69) is 9.98 Å². The molecule has 0 aliphatic rings. The van der Waals surface area contributed by atoms with Gasteiger partial charge in [-0.2, -0.15) is 4.99 Å². The standard InChI is InChI=1S/C14H6Cl2N2O2/c15-10-3-1-8(5-11(10)16)14-18-12-6-9(17-7-19)2-4-13(12)20-14/h1-6H. The molecule has 0 atom stereocenters. The molecule has 0 unspecified atom stereocenters. The van der Waals surface area contributed by atoms with E-state index in [-0.39, 0.29) is 0 Å². The molecule has 4 nitrogen and oxygen atoms in total. The molecule has 0 saturated carbocycles. The summed E-state index contributed by atoms with van der Waals surface area (Å²) in [6.45, 7) is 0. The van der Waals surface area contributed by atoms with E-state index in [9.17, 15) is 4.79 Å². The Hall–Kier alpha value is -2.13. The number of carbonyl (C=O) groups excluding carboxylic acids is 1. The highest BCUT2D eigenvalue weighted by Gasteiger charge is 2.10. The number of rotatable bonds is 2. The van der Waals surface area contributed by atoms with Crippen LogP contribution in [0.1, 0.15) is 0 Å². The molecule has 98 valence electrons. The summed E-state index contributed by atoms with van der Waals surface area (Å²) in [6, 6.07) is 10.1. The number of halogens is 2. The Balaban J connectivity index is 2.12. The average Bonchev–Trinajstić information content (AvgIpc) is 2.85. The van der Waals surface area contributed by atoms with Crippen LogP contribution >= 0.6 is 23.2 Å². The van der Waals surface area contributed by atoms with Crippen molar-refractivity contribution in [1.29, 1.82) is 0 Å². The number of aliphatic imine (C=N–C) groups is 1.